The van der Waals surface area contributed by atoms with E-state index in [2.05, 4.69) is 6.58 Å². The van der Waals surface area contributed by atoms with Gasteiger partial charge in [0.25, 0.3) is 0 Å². The average Bonchev–Trinajstić information content (AvgIpc) is 2.94. The summed E-state index contributed by atoms with van der Waals surface area (Å²) in [5, 5.41) is 0. The summed E-state index contributed by atoms with van der Waals surface area (Å²) < 4.78 is 25.6. The van der Waals surface area contributed by atoms with Crippen LogP contribution in [0.15, 0.2) is 36.9 Å². The first-order chi connectivity index (χ1) is 18.5. The van der Waals surface area contributed by atoms with Gasteiger partial charge in [0.2, 0.25) is 0 Å². The summed E-state index contributed by atoms with van der Waals surface area (Å²) in [5.41, 5.74) is 0.313. The maximum atomic E-state index is 12.5. The molecule has 39 heavy (non-hydrogen) atoms. The molecule has 0 aromatic heterocycles. The zero-order valence-electron chi connectivity index (χ0n) is 22.9. The topological polar surface area (TPSA) is 132 Å². The van der Waals surface area contributed by atoms with Crippen molar-refractivity contribution >= 4 is 29.8 Å². The van der Waals surface area contributed by atoms with Gasteiger partial charge in [-0.05, 0) is 43.4 Å². The van der Waals surface area contributed by atoms with Crippen LogP contribution in [-0.4, -0.2) is 56.8 Å². The third-order valence-corrected chi connectivity index (χ3v) is 6.32. The summed E-state index contributed by atoms with van der Waals surface area (Å²) in [4.78, 5) is 59.2. The lowest BCUT2D eigenvalue weighted by Crippen LogP contribution is -2.29. The molecule has 0 bridgehead atoms. The van der Waals surface area contributed by atoms with Gasteiger partial charge < -0.3 is 23.7 Å². The second-order valence-corrected chi connectivity index (χ2v) is 10.2. The fourth-order valence-corrected chi connectivity index (χ4v) is 3.93. The largest absolute Gasteiger partial charge is 0.469 e. The third kappa shape index (κ3) is 11.7. The minimum absolute atomic E-state index is 0.0348. The summed E-state index contributed by atoms with van der Waals surface area (Å²) in [6.45, 7) is 7.11. The number of hydrogen-bond acceptors (Lipinski definition) is 10. The van der Waals surface area contributed by atoms with Crippen LogP contribution in [-0.2, 0) is 49.3 Å². The van der Waals surface area contributed by atoms with Crippen molar-refractivity contribution in [2.45, 2.75) is 58.8 Å². The molecule has 0 spiro atoms. The van der Waals surface area contributed by atoms with E-state index in [9.17, 15) is 24.0 Å². The SMILES string of the molecule is C=CC(=O)OCC(C)(C)COC(=O)CCC(=O)OCCc1ccc(OC(=O)C2CCC(C(=O)OC)CC2)cc1. The van der Waals surface area contributed by atoms with E-state index >= 15 is 0 Å². The van der Waals surface area contributed by atoms with Gasteiger partial charge in [0.15, 0.2) is 0 Å². The summed E-state index contributed by atoms with van der Waals surface area (Å²) >= 11 is 0. The highest BCUT2D eigenvalue weighted by atomic mass is 16.6. The van der Waals surface area contributed by atoms with Crippen LogP contribution in [0.1, 0.15) is 57.9 Å². The Morgan fingerprint density at radius 3 is 1.95 bits per heavy atom. The van der Waals surface area contributed by atoms with Crippen LogP contribution in [0.4, 0.5) is 0 Å². The van der Waals surface area contributed by atoms with Crippen LogP contribution in [0.2, 0.25) is 0 Å². The number of ether oxygens (including phenoxy) is 5. The van der Waals surface area contributed by atoms with Crippen LogP contribution in [0, 0.1) is 17.3 Å². The van der Waals surface area contributed by atoms with Crippen molar-refractivity contribution in [2.75, 3.05) is 26.9 Å². The summed E-state index contributed by atoms with van der Waals surface area (Å²) in [7, 11) is 1.37. The second kappa shape index (κ2) is 15.7. The molecule has 0 saturated heterocycles. The molecule has 10 nitrogen and oxygen atoms in total. The molecule has 1 aromatic rings. The molecule has 2 rings (SSSR count). The molecule has 0 N–H and O–H groups in total. The number of rotatable bonds is 14. The molecular formula is C29H38O10. The van der Waals surface area contributed by atoms with Gasteiger partial charge in [-0.15, -0.1) is 0 Å². The van der Waals surface area contributed by atoms with Crippen molar-refractivity contribution in [3.05, 3.63) is 42.5 Å². The lowest BCUT2D eigenvalue weighted by atomic mass is 9.82. The van der Waals surface area contributed by atoms with E-state index in [4.69, 9.17) is 23.7 Å². The average molecular weight is 547 g/mol. The van der Waals surface area contributed by atoms with E-state index in [1.54, 1.807) is 38.1 Å². The fourth-order valence-electron chi connectivity index (χ4n) is 3.93. The van der Waals surface area contributed by atoms with Crippen molar-refractivity contribution in [1.82, 2.24) is 0 Å². The number of benzene rings is 1. The first kappa shape index (κ1) is 31.5. The van der Waals surface area contributed by atoms with Crippen molar-refractivity contribution in [3.63, 3.8) is 0 Å². The first-order valence-corrected chi connectivity index (χ1v) is 13.0. The highest BCUT2D eigenvalue weighted by molar-refractivity contribution is 5.81. The zero-order chi connectivity index (χ0) is 28.8. The molecule has 0 unspecified atom stereocenters. The molecule has 1 aliphatic rings. The first-order valence-electron chi connectivity index (χ1n) is 13.0. The normalized spacial score (nSPS) is 16.9. The quantitative estimate of drug-likeness (QED) is 0.147. The van der Waals surface area contributed by atoms with E-state index in [1.165, 1.54) is 7.11 Å². The number of carbonyl (C=O) groups excluding carboxylic acids is 5. The Morgan fingerprint density at radius 1 is 0.846 bits per heavy atom. The highest BCUT2D eigenvalue weighted by Gasteiger charge is 2.31. The van der Waals surface area contributed by atoms with Gasteiger partial charge in [-0.25, -0.2) is 4.79 Å². The van der Waals surface area contributed by atoms with Gasteiger partial charge in [-0.2, -0.15) is 0 Å². The van der Waals surface area contributed by atoms with E-state index in [-0.39, 0.29) is 56.4 Å². The van der Waals surface area contributed by atoms with Gasteiger partial charge in [-0.3, -0.25) is 19.2 Å². The zero-order valence-corrected chi connectivity index (χ0v) is 22.9. The third-order valence-electron chi connectivity index (χ3n) is 6.32. The van der Waals surface area contributed by atoms with Gasteiger partial charge in [0, 0.05) is 17.9 Å². The monoisotopic (exact) mass is 546 g/mol. The Morgan fingerprint density at radius 2 is 1.38 bits per heavy atom. The molecule has 1 aromatic carbocycles. The second-order valence-electron chi connectivity index (χ2n) is 10.2. The molecule has 1 saturated carbocycles. The Balaban J connectivity index is 1.62. The van der Waals surface area contributed by atoms with Crippen LogP contribution < -0.4 is 4.74 Å². The predicted octanol–water partition coefficient (Wildman–Crippen LogP) is 3.74. The summed E-state index contributed by atoms with van der Waals surface area (Å²) in [6, 6.07) is 6.95. The number of carbonyl (C=O) groups is 5. The molecule has 0 atom stereocenters. The van der Waals surface area contributed by atoms with E-state index < -0.39 is 23.3 Å². The minimum Gasteiger partial charge on any atom is -0.469 e. The fraction of sp³-hybridized carbons (Fsp3) is 0.552. The molecule has 10 heteroatoms. The Kier molecular flexibility index (Phi) is 12.7. The molecule has 0 heterocycles. The van der Waals surface area contributed by atoms with Gasteiger partial charge in [0.1, 0.15) is 5.75 Å². The van der Waals surface area contributed by atoms with Gasteiger partial charge >= 0.3 is 29.8 Å². The molecular weight excluding hydrogens is 508 g/mol. The molecule has 0 aliphatic heterocycles. The van der Waals surface area contributed by atoms with E-state index in [0.29, 0.717) is 37.9 Å². The van der Waals surface area contributed by atoms with Crippen LogP contribution >= 0.6 is 0 Å². The molecule has 0 amide bonds. The summed E-state index contributed by atoms with van der Waals surface area (Å²) in [5.74, 6) is -2.11. The Hall–Kier alpha value is -3.69. The highest BCUT2D eigenvalue weighted by Crippen LogP contribution is 2.30. The van der Waals surface area contributed by atoms with Crippen molar-refractivity contribution in [3.8, 4) is 5.75 Å². The van der Waals surface area contributed by atoms with Crippen LogP contribution in [0.25, 0.3) is 0 Å². The number of esters is 5. The van der Waals surface area contributed by atoms with E-state index in [1.807, 2.05) is 0 Å². The lowest BCUT2D eigenvalue weighted by Gasteiger charge is -2.25. The Labute approximate surface area is 229 Å². The standard InChI is InChI=1S/C29H38O10/c1-5-24(30)37-18-29(2,3)19-38-26(32)15-14-25(31)36-17-16-20-6-12-23(13-7-20)39-28(34)22-10-8-21(9-11-22)27(33)35-4/h5-7,12-13,21-22H,1,8-11,14-19H2,2-4H3. The van der Waals surface area contributed by atoms with Crippen LogP contribution in [0.3, 0.4) is 0 Å². The molecule has 0 radical (unpaired) electrons. The smallest absolute Gasteiger partial charge is 0.330 e. The lowest BCUT2D eigenvalue weighted by molar-refractivity contribution is -0.154. The van der Waals surface area contributed by atoms with Crippen molar-refractivity contribution < 1.29 is 47.7 Å². The minimum atomic E-state index is -0.575. The van der Waals surface area contributed by atoms with Crippen molar-refractivity contribution in [1.29, 1.82) is 0 Å². The molecule has 214 valence electrons. The Bertz CT molecular complexity index is 1000. The van der Waals surface area contributed by atoms with Gasteiger partial charge in [-0.1, -0.05) is 32.6 Å². The van der Waals surface area contributed by atoms with E-state index in [0.717, 1.165) is 11.6 Å². The molecule has 1 aliphatic carbocycles. The summed E-state index contributed by atoms with van der Waals surface area (Å²) in [6.07, 6.45) is 3.68. The number of methoxy groups -OCH3 is 1. The van der Waals surface area contributed by atoms with Crippen LogP contribution in [0.5, 0.6) is 5.75 Å². The van der Waals surface area contributed by atoms with Gasteiger partial charge in [0.05, 0.1) is 51.6 Å². The predicted molar refractivity (Wildman–Crippen MR) is 139 cm³/mol. The number of hydrogen-bond donors (Lipinski definition) is 0. The maximum Gasteiger partial charge on any atom is 0.330 e. The van der Waals surface area contributed by atoms with Crippen molar-refractivity contribution in [2.24, 2.45) is 17.3 Å². The maximum absolute atomic E-state index is 12.5. The molecule has 1 fully saturated rings.